The molecule has 0 aromatic carbocycles. The van der Waals surface area contributed by atoms with E-state index in [1.807, 2.05) is 0 Å². The Balaban J connectivity index is 1.62. The van der Waals surface area contributed by atoms with Crippen LogP contribution >= 0.6 is 0 Å². The number of rotatable bonds is 1. The van der Waals surface area contributed by atoms with Crippen LogP contribution in [0.3, 0.4) is 0 Å². The summed E-state index contributed by atoms with van der Waals surface area (Å²) in [4.78, 5) is 25.6. The van der Waals surface area contributed by atoms with Gasteiger partial charge in [-0.2, -0.15) is 0 Å². The molecular weight excluding hydrogens is 270 g/mol. The second kappa shape index (κ2) is 4.00. The van der Waals surface area contributed by atoms with Gasteiger partial charge in [-0.25, -0.2) is 4.79 Å². The maximum absolute atomic E-state index is 12.5. The summed E-state index contributed by atoms with van der Waals surface area (Å²) >= 11 is 0. The fraction of sp³-hybridized carbons (Fsp3) is 0.500. The van der Waals surface area contributed by atoms with Gasteiger partial charge in [-0.1, -0.05) is 19.1 Å². The van der Waals surface area contributed by atoms with Crippen molar-refractivity contribution in [1.82, 2.24) is 4.90 Å². The van der Waals surface area contributed by atoms with Crippen LogP contribution in [0.1, 0.15) is 23.9 Å². The zero-order valence-corrected chi connectivity index (χ0v) is 11.8. The van der Waals surface area contributed by atoms with Crippen LogP contribution in [0.4, 0.5) is 0 Å². The van der Waals surface area contributed by atoms with E-state index in [9.17, 15) is 14.7 Å². The second-order valence-electron chi connectivity index (χ2n) is 6.69. The van der Waals surface area contributed by atoms with Gasteiger partial charge in [0.25, 0.3) is 5.91 Å². The molecule has 0 unspecified atom stereocenters. The van der Waals surface area contributed by atoms with Crippen molar-refractivity contribution in [3.8, 4) is 5.75 Å². The molecule has 3 aliphatic rings. The van der Waals surface area contributed by atoms with Crippen LogP contribution in [-0.2, 0) is 0 Å². The average Bonchev–Trinajstić information content (AvgIpc) is 3.06. The predicted octanol–water partition coefficient (Wildman–Crippen LogP) is 1.63. The fourth-order valence-corrected chi connectivity index (χ4v) is 4.45. The minimum absolute atomic E-state index is 0.0797. The largest absolute Gasteiger partial charge is 0.508 e. The van der Waals surface area contributed by atoms with Gasteiger partial charge in [0, 0.05) is 19.2 Å². The average molecular weight is 287 g/mol. The van der Waals surface area contributed by atoms with Crippen molar-refractivity contribution in [3.63, 3.8) is 0 Å². The fourth-order valence-electron chi connectivity index (χ4n) is 4.45. The molecule has 1 N–H and O–H groups in total. The van der Waals surface area contributed by atoms with Crippen molar-refractivity contribution < 1.29 is 14.3 Å². The van der Waals surface area contributed by atoms with E-state index < -0.39 is 5.63 Å². The van der Waals surface area contributed by atoms with Crippen molar-refractivity contribution in [2.45, 2.75) is 13.3 Å². The quantitative estimate of drug-likeness (QED) is 0.797. The Bertz CT molecular complexity index is 706. The predicted molar refractivity (Wildman–Crippen MR) is 74.9 cm³/mol. The summed E-state index contributed by atoms with van der Waals surface area (Å²) in [6, 6.07) is 2.17. The van der Waals surface area contributed by atoms with Gasteiger partial charge >= 0.3 is 5.63 Å². The third kappa shape index (κ3) is 1.69. The lowest BCUT2D eigenvalue weighted by Gasteiger charge is -2.31. The Morgan fingerprint density at radius 1 is 1.43 bits per heavy atom. The molecule has 1 amide bonds. The first-order chi connectivity index (χ1) is 9.97. The SMILES string of the molecule is C[C@]12CN(C(=O)c3cc(O)cc(=O)o3)C[C@H]1[C@H]1C=C[C@@H]2C1. The molecular formula is C16H17NO4. The highest BCUT2D eigenvalue weighted by Gasteiger charge is 2.58. The van der Waals surface area contributed by atoms with Gasteiger partial charge in [0.05, 0.1) is 6.07 Å². The van der Waals surface area contributed by atoms with E-state index in [2.05, 4.69) is 19.1 Å². The summed E-state index contributed by atoms with van der Waals surface area (Å²) in [7, 11) is 0. The topological polar surface area (TPSA) is 70.8 Å². The van der Waals surface area contributed by atoms with Crippen molar-refractivity contribution in [3.05, 3.63) is 40.5 Å². The van der Waals surface area contributed by atoms with Crippen molar-refractivity contribution in [2.75, 3.05) is 13.1 Å². The van der Waals surface area contributed by atoms with Crippen LogP contribution < -0.4 is 5.63 Å². The first-order valence-electron chi connectivity index (χ1n) is 7.29. The van der Waals surface area contributed by atoms with Gasteiger partial charge < -0.3 is 14.4 Å². The number of hydrogen-bond donors (Lipinski definition) is 1. The van der Waals surface area contributed by atoms with Gasteiger partial charge in [-0.15, -0.1) is 0 Å². The van der Waals surface area contributed by atoms with E-state index in [-0.39, 0.29) is 22.8 Å². The molecule has 4 rings (SSSR count). The van der Waals surface area contributed by atoms with Gasteiger partial charge in [-0.3, -0.25) is 4.79 Å². The standard InChI is InChI=1S/C16H17NO4/c1-16-8-17(7-12(16)9-2-3-10(16)4-9)15(20)13-5-11(18)6-14(19)21-13/h2-3,5-6,9-10,12,18H,4,7-8H2,1H3/t9-,10+,12-,16+/m0/s1. The molecule has 1 aliphatic heterocycles. The summed E-state index contributed by atoms with van der Waals surface area (Å²) in [5.41, 5.74) is -0.572. The summed E-state index contributed by atoms with van der Waals surface area (Å²) < 4.78 is 4.93. The van der Waals surface area contributed by atoms with E-state index in [0.29, 0.717) is 30.8 Å². The highest BCUT2D eigenvalue weighted by Crippen LogP contribution is 2.59. The maximum atomic E-state index is 12.5. The number of nitrogens with zero attached hydrogens (tertiary/aromatic N) is 1. The Morgan fingerprint density at radius 3 is 2.95 bits per heavy atom. The summed E-state index contributed by atoms with van der Waals surface area (Å²) in [6.45, 7) is 3.62. The smallest absolute Gasteiger partial charge is 0.340 e. The monoisotopic (exact) mass is 287 g/mol. The molecule has 0 radical (unpaired) electrons. The summed E-state index contributed by atoms with van der Waals surface area (Å²) in [5.74, 6) is 0.972. The third-order valence-corrected chi connectivity index (χ3v) is 5.53. The minimum Gasteiger partial charge on any atom is -0.508 e. The van der Waals surface area contributed by atoms with Crippen LogP contribution in [0.15, 0.2) is 33.5 Å². The number of allylic oxidation sites excluding steroid dienone is 2. The number of amides is 1. The molecule has 1 aromatic heterocycles. The first-order valence-corrected chi connectivity index (χ1v) is 7.29. The van der Waals surface area contributed by atoms with Gasteiger partial charge in [0.1, 0.15) is 5.75 Å². The van der Waals surface area contributed by atoms with E-state index in [4.69, 9.17) is 4.42 Å². The van der Waals surface area contributed by atoms with Crippen molar-refractivity contribution in [2.24, 2.45) is 23.2 Å². The Morgan fingerprint density at radius 2 is 2.24 bits per heavy atom. The first kappa shape index (κ1) is 12.7. The molecule has 1 saturated heterocycles. The van der Waals surface area contributed by atoms with E-state index in [0.717, 1.165) is 6.07 Å². The molecule has 1 saturated carbocycles. The lowest BCUT2D eigenvalue weighted by Crippen LogP contribution is -2.33. The highest BCUT2D eigenvalue weighted by atomic mass is 16.4. The van der Waals surface area contributed by atoms with E-state index in [1.165, 1.54) is 12.5 Å². The zero-order chi connectivity index (χ0) is 14.8. The lowest BCUT2D eigenvalue weighted by molar-refractivity contribution is 0.0727. The summed E-state index contributed by atoms with van der Waals surface area (Å²) in [6.07, 6.45) is 5.76. The van der Waals surface area contributed by atoms with Crippen molar-refractivity contribution in [1.29, 1.82) is 0 Å². The molecule has 2 bridgehead atoms. The highest BCUT2D eigenvalue weighted by molar-refractivity contribution is 5.92. The third-order valence-electron chi connectivity index (χ3n) is 5.53. The Kier molecular flexibility index (Phi) is 2.41. The molecule has 2 aliphatic carbocycles. The summed E-state index contributed by atoms with van der Waals surface area (Å²) in [5, 5.41) is 9.45. The zero-order valence-electron chi connectivity index (χ0n) is 11.8. The molecule has 0 spiro atoms. The van der Waals surface area contributed by atoms with Gasteiger partial charge in [0.2, 0.25) is 0 Å². The van der Waals surface area contributed by atoms with E-state index >= 15 is 0 Å². The molecule has 2 fully saturated rings. The molecule has 4 atom stereocenters. The molecule has 5 nitrogen and oxygen atoms in total. The van der Waals surface area contributed by atoms with Crippen molar-refractivity contribution >= 4 is 5.91 Å². The van der Waals surface area contributed by atoms with E-state index in [1.54, 1.807) is 4.90 Å². The second-order valence-corrected chi connectivity index (χ2v) is 6.69. The Hall–Kier alpha value is -2.04. The van der Waals surface area contributed by atoms with Gasteiger partial charge in [0.15, 0.2) is 5.76 Å². The molecule has 1 aromatic rings. The molecule has 21 heavy (non-hydrogen) atoms. The number of hydrogen-bond acceptors (Lipinski definition) is 4. The molecule has 110 valence electrons. The van der Waals surface area contributed by atoms with Crippen LogP contribution in [0, 0.1) is 23.2 Å². The Labute approximate surface area is 121 Å². The number of carbonyl (C=O) groups is 1. The minimum atomic E-state index is -0.703. The lowest BCUT2D eigenvalue weighted by atomic mass is 9.72. The van der Waals surface area contributed by atoms with Crippen LogP contribution in [0.25, 0.3) is 0 Å². The van der Waals surface area contributed by atoms with Crippen LogP contribution in [-0.4, -0.2) is 29.0 Å². The number of fused-ring (bicyclic) bond motifs is 5. The van der Waals surface area contributed by atoms with Crippen LogP contribution in [0.2, 0.25) is 0 Å². The molecule has 5 heteroatoms. The van der Waals surface area contributed by atoms with Gasteiger partial charge in [-0.05, 0) is 29.6 Å². The molecule has 2 heterocycles. The number of carbonyl (C=O) groups excluding carboxylic acids is 1. The number of aromatic hydroxyl groups is 1. The maximum Gasteiger partial charge on any atom is 0.340 e. The normalized spacial score (nSPS) is 36.2. The number of likely N-dealkylation sites (tertiary alicyclic amines) is 1. The van der Waals surface area contributed by atoms with Crippen LogP contribution in [0.5, 0.6) is 5.75 Å².